The van der Waals surface area contributed by atoms with Crippen LogP contribution in [-0.4, -0.2) is 36.9 Å². The number of fused-ring (bicyclic) bond motifs is 2. The maximum Gasteiger partial charge on any atom is 0.422 e. The van der Waals surface area contributed by atoms with Crippen molar-refractivity contribution in [3.63, 3.8) is 0 Å². The number of halogens is 3. The first-order valence-electron chi connectivity index (χ1n) is 14.1. The fourth-order valence-electron chi connectivity index (χ4n) is 5.51. The molecule has 1 unspecified atom stereocenters. The van der Waals surface area contributed by atoms with Crippen molar-refractivity contribution >= 4 is 39.7 Å². The van der Waals surface area contributed by atoms with E-state index in [0.29, 0.717) is 46.3 Å². The van der Waals surface area contributed by atoms with Gasteiger partial charge in [0.2, 0.25) is 5.91 Å². The Hall–Kier alpha value is -4.66. The summed E-state index contributed by atoms with van der Waals surface area (Å²) in [4.78, 5) is 43.0. The molecule has 0 radical (unpaired) electrons. The Bertz CT molecular complexity index is 1670. The molecular formula is C34H31F3N2O4. The number of rotatable bonds is 8. The van der Waals surface area contributed by atoms with E-state index in [1.807, 2.05) is 19.1 Å². The lowest BCUT2D eigenvalue weighted by Crippen LogP contribution is -2.39. The summed E-state index contributed by atoms with van der Waals surface area (Å²) in [6, 6.07) is 23.9. The zero-order valence-electron chi connectivity index (χ0n) is 23.9. The van der Waals surface area contributed by atoms with Crippen LogP contribution in [0.5, 0.6) is 5.75 Å². The second-order valence-corrected chi connectivity index (χ2v) is 10.6. The first-order valence-corrected chi connectivity index (χ1v) is 14.1. The van der Waals surface area contributed by atoms with E-state index in [4.69, 9.17) is 4.74 Å². The summed E-state index contributed by atoms with van der Waals surface area (Å²) in [6.07, 6.45) is -3.35. The highest BCUT2D eigenvalue weighted by molar-refractivity contribution is 6.12. The number of hydrogen-bond donors (Lipinski definition) is 0. The van der Waals surface area contributed by atoms with Crippen LogP contribution in [0, 0.1) is 5.92 Å². The number of ketones is 1. The second-order valence-electron chi connectivity index (χ2n) is 10.6. The molecule has 1 aliphatic heterocycles. The molecular weight excluding hydrogens is 557 g/mol. The number of carbonyl (C=O) groups excluding carboxylic acids is 3. The van der Waals surface area contributed by atoms with Gasteiger partial charge in [-0.05, 0) is 54.4 Å². The highest BCUT2D eigenvalue weighted by atomic mass is 19.4. The van der Waals surface area contributed by atoms with Gasteiger partial charge in [-0.1, -0.05) is 67.9 Å². The van der Waals surface area contributed by atoms with E-state index < -0.39 is 18.7 Å². The van der Waals surface area contributed by atoms with E-state index in [1.54, 1.807) is 76.5 Å². The largest absolute Gasteiger partial charge is 0.484 e. The van der Waals surface area contributed by atoms with Crippen molar-refractivity contribution < 1.29 is 32.3 Å². The second kappa shape index (κ2) is 12.3. The van der Waals surface area contributed by atoms with Gasteiger partial charge in [-0.15, -0.1) is 0 Å². The van der Waals surface area contributed by atoms with Crippen LogP contribution in [0.3, 0.4) is 0 Å². The Labute approximate surface area is 247 Å². The highest BCUT2D eigenvalue weighted by Gasteiger charge is 2.37. The molecule has 0 aliphatic carbocycles. The lowest BCUT2D eigenvalue weighted by molar-refractivity contribution is -0.153. The fraction of sp³-hybridized carbons (Fsp3) is 0.265. The number of carbonyl (C=O) groups is 3. The van der Waals surface area contributed by atoms with Gasteiger partial charge in [0, 0.05) is 23.2 Å². The maximum absolute atomic E-state index is 14.2. The first-order chi connectivity index (χ1) is 20.6. The number of Topliss-reactive ketones (excluding diaryl/α,β-unsaturated/α-hetero) is 1. The summed E-state index contributed by atoms with van der Waals surface area (Å²) in [7, 11) is 0. The van der Waals surface area contributed by atoms with E-state index in [1.165, 1.54) is 13.0 Å². The number of benzene rings is 4. The Morgan fingerprint density at radius 1 is 0.884 bits per heavy atom. The predicted molar refractivity (Wildman–Crippen MR) is 160 cm³/mol. The Balaban J connectivity index is 1.61. The molecule has 5 rings (SSSR count). The lowest BCUT2D eigenvalue weighted by atomic mass is 9.99. The number of hydrogen-bond acceptors (Lipinski definition) is 4. The Kier molecular flexibility index (Phi) is 8.52. The molecule has 0 spiro atoms. The van der Waals surface area contributed by atoms with Crippen LogP contribution in [0.2, 0.25) is 0 Å². The van der Waals surface area contributed by atoms with Crippen LogP contribution >= 0.6 is 0 Å². The molecule has 4 aromatic rings. The third kappa shape index (κ3) is 6.40. The lowest BCUT2D eigenvalue weighted by Gasteiger charge is -2.27. The van der Waals surface area contributed by atoms with Crippen LogP contribution in [0.1, 0.15) is 53.0 Å². The molecule has 1 aliphatic rings. The van der Waals surface area contributed by atoms with Gasteiger partial charge in [0.1, 0.15) is 5.75 Å². The number of amides is 2. The molecule has 4 aromatic carbocycles. The van der Waals surface area contributed by atoms with Gasteiger partial charge in [-0.3, -0.25) is 14.4 Å². The molecule has 0 N–H and O–H groups in total. The zero-order valence-corrected chi connectivity index (χ0v) is 23.9. The van der Waals surface area contributed by atoms with Crippen molar-refractivity contribution in [3.8, 4) is 5.75 Å². The molecule has 0 saturated heterocycles. The van der Waals surface area contributed by atoms with Gasteiger partial charge in [-0.2, -0.15) is 13.2 Å². The number of nitrogens with zero attached hydrogens (tertiary/aromatic N) is 2. The van der Waals surface area contributed by atoms with Gasteiger partial charge in [-0.25, -0.2) is 0 Å². The van der Waals surface area contributed by atoms with E-state index in [2.05, 4.69) is 0 Å². The third-order valence-corrected chi connectivity index (χ3v) is 7.61. The predicted octanol–water partition coefficient (Wildman–Crippen LogP) is 7.59. The van der Waals surface area contributed by atoms with Crippen molar-refractivity contribution in [1.82, 2.24) is 0 Å². The van der Waals surface area contributed by atoms with E-state index in [9.17, 15) is 27.6 Å². The van der Waals surface area contributed by atoms with Gasteiger partial charge in [0.25, 0.3) is 5.91 Å². The molecule has 43 heavy (non-hydrogen) atoms. The summed E-state index contributed by atoms with van der Waals surface area (Å²) in [5, 5.41) is 1.46. The molecule has 2 amide bonds. The molecule has 1 atom stereocenters. The molecule has 0 aromatic heterocycles. The summed E-state index contributed by atoms with van der Waals surface area (Å²) in [5.74, 6) is -1.19. The van der Waals surface area contributed by atoms with Crippen LogP contribution in [0.4, 0.5) is 24.5 Å². The monoisotopic (exact) mass is 588 g/mol. The van der Waals surface area contributed by atoms with Crippen molar-refractivity contribution in [1.29, 1.82) is 0 Å². The molecule has 9 heteroatoms. The van der Waals surface area contributed by atoms with E-state index >= 15 is 0 Å². The number of para-hydroxylation sites is 2. The number of alkyl halides is 3. The number of anilines is 2. The van der Waals surface area contributed by atoms with Crippen molar-refractivity contribution in [2.45, 2.75) is 39.4 Å². The average Bonchev–Trinajstić information content (AvgIpc) is 3.10. The van der Waals surface area contributed by atoms with Crippen LogP contribution < -0.4 is 14.5 Å². The highest BCUT2D eigenvalue weighted by Crippen LogP contribution is 2.39. The summed E-state index contributed by atoms with van der Waals surface area (Å²) in [5.41, 5.74) is 2.27. The van der Waals surface area contributed by atoms with Gasteiger partial charge in [0.05, 0.1) is 23.8 Å². The van der Waals surface area contributed by atoms with Gasteiger partial charge >= 0.3 is 6.18 Å². The minimum absolute atomic E-state index is 0.0380. The normalized spacial score (nSPS) is 15.3. The molecule has 0 saturated carbocycles. The Morgan fingerprint density at radius 2 is 1.53 bits per heavy atom. The van der Waals surface area contributed by atoms with Crippen molar-refractivity contribution in [3.05, 3.63) is 102 Å². The van der Waals surface area contributed by atoms with E-state index in [-0.39, 0.29) is 36.4 Å². The minimum atomic E-state index is -4.54. The van der Waals surface area contributed by atoms with Gasteiger partial charge in [0.15, 0.2) is 12.4 Å². The van der Waals surface area contributed by atoms with Crippen LogP contribution in [-0.2, 0) is 11.3 Å². The van der Waals surface area contributed by atoms with Crippen molar-refractivity contribution in [2.24, 2.45) is 5.92 Å². The van der Waals surface area contributed by atoms with Gasteiger partial charge < -0.3 is 14.5 Å². The minimum Gasteiger partial charge on any atom is -0.484 e. The summed E-state index contributed by atoms with van der Waals surface area (Å²) in [6.45, 7) is 2.01. The molecule has 1 heterocycles. The molecule has 6 nitrogen and oxygen atoms in total. The smallest absolute Gasteiger partial charge is 0.422 e. The fourth-order valence-corrected chi connectivity index (χ4v) is 5.51. The molecule has 0 fully saturated rings. The van der Waals surface area contributed by atoms with Crippen LogP contribution in [0.25, 0.3) is 10.8 Å². The summed E-state index contributed by atoms with van der Waals surface area (Å²) < 4.78 is 44.8. The maximum atomic E-state index is 14.2. The van der Waals surface area contributed by atoms with E-state index in [0.717, 1.165) is 5.39 Å². The number of ether oxygens (including phenoxy) is 1. The quantitative estimate of drug-likeness (QED) is 0.199. The SMILES string of the molecule is CCCC1CN(C(=O)c2ccc(C(C)=O)cc2)c2ccccc2N(Cc2c(OCC(F)(F)F)ccc3ccccc23)C1=O. The first kappa shape index (κ1) is 29.8. The molecule has 222 valence electrons. The topological polar surface area (TPSA) is 66.9 Å². The van der Waals surface area contributed by atoms with Crippen molar-refractivity contribution in [2.75, 3.05) is 23.0 Å². The standard InChI is InChI=1S/C34H31F3N2O4/c1-3-8-26-19-38(32(41)25-15-13-23(14-16-25)22(2)40)29-11-6-7-12-30(29)39(33(26)42)20-28-27-10-5-4-9-24(27)17-18-31(28)43-21-34(35,36)37/h4-7,9-18,26H,3,8,19-21H2,1-2H3. The summed E-state index contributed by atoms with van der Waals surface area (Å²) >= 11 is 0. The Morgan fingerprint density at radius 3 is 2.21 bits per heavy atom. The molecule has 0 bridgehead atoms. The average molecular weight is 589 g/mol. The van der Waals surface area contributed by atoms with Crippen LogP contribution in [0.15, 0.2) is 84.9 Å². The zero-order chi connectivity index (χ0) is 30.7. The third-order valence-electron chi connectivity index (χ3n) is 7.61.